The summed E-state index contributed by atoms with van der Waals surface area (Å²) in [5.74, 6) is 0.203. The van der Waals surface area contributed by atoms with Crippen molar-refractivity contribution < 1.29 is 14.2 Å². The van der Waals surface area contributed by atoms with Crippen LogP contribution in [0.25, 0.3) is 0 Å². The van der Waals surface area contributed by atoms with Gasteiger partial charge in [-0.05, 0) is 23.3 Å². The van der Waals surface area contributed by atoms with Crippen molar-refractivity contribution in [1.82, 2.24) is 0 Å². The van der Waals surface area contributed by atoms with Crippen molar-refractivity contribution in [3.63, 3.8) is 0 Å². The van der Waals surface area contributed by atoms with Crippen LogP contribution in [0, 0.1) is 5.82 Å². The van der Waals surface area contributed by atoms with E-state index in [1.165, 1.54) is 12.1 Å². The van der Waals surface area contributed by atoms with E-state index >= 15 is 0 Å². The van der Waals surface area contributed by atoms with Crippen LogP contribution in [-0.2, 0) is 13.2 Å². The molecular weight excluding hydrogens is 219 g/mol. The maximum atomic E-state index is 12.9. The van der Waals surface area contributed by atoms with Gasteiger partial charge in [-0.3, -0.25) is 0 Å². The average molecular weight is 232 g/mol. The lowest BCUT2D eigenvalue weighted by Crippen LogP contribution is -1.96. The third kappa shape index (κ3) is 3.29. The Morgan fingerprint density at radius 2 is 1.71 bits per heavy atom. The van der Waals surface area contributed by atoms with Crippen molar-refractivity contribution in [2.75, 3.05) is 0 Å². The van der Waals surface area contributed by atoms with Crippen LogP contribution in [-0.4, -0.2) is 5.11 Å². The summed E-state index contributed by atoms with van der Waals surface area (Å²) in [7, 11) is 0. The third-order valence-corrected chi connectivity index (χ3v) is 2.41. The summed E-state index contributed by atoms with van der Waals surface area (Å²) in [4.78, 5) is 0. The van der Waals surface area contributed by atoms with Gasteiger partial charge < -0.3 is 9.84 Å². The Morgan fingerprint density at radius 1 is 1.00 bits per heavy atom. The van der Waals surface area contributed by atoms with Crippen LogP contribution in [0.5, 0.6) is 5.75 Å². The first-order valence-corrected chi connectivity index (χ1v) is 5.35. The Morgan fingerprint density at radius 3 is 2.35 bits per heavy atom. The lowest BCUT2D eigenvalue weighted by Gasteiger charge is -2.06. The van der Waals surface area contributed by atoms with Gasteiger partial charge in [-0.1, -0.05) is 30.3 Å². The van der Waals surface area contributed by atoms with Crippen molar-refractivity contribution in [2.24, 2.45) is 0 Å². The Labute approximate surface area is 99.3 Å². The summed E-state index contributed by atoms with van der Waals surface area (Å²) in [6.45, 7) is 0.417. The fraction of sp³-hybridized carbons (Fsp3) is 0.143. The number of halogens is 1. The van der Waals surface area contributed by atoms with Crippen LogP contribution in [0.4, 0.5) is 4.39 Å². The minimum Gasteiger partial charge on any atom is -0.489 e. The number of aliphatic hydroxyl groups excluding tert-OH is 1. The zero-order chi connectivity index (χ0) is 12.1. The van der Waals surface area contributed by atoms with Crippen LogP contribution in [0.1, 0.15) is 11.1 Å². The monoisotopic (exact) mass is 232 g/mol. The number of benzene rings is 2. The predicted molar refractivity (Wildman–Crippen MR) is 63.1 cm³/mol. The minimum absolute atomic E-state index is 0.0328. The Bertz CT molecular complexity index is 480. The van der Waals surface area contributed by atoms with E-state index in [0.717, 1.165) is 11.1 Å². The molecule has 0 aliphatic rings. The van der Waals surface area contributed by atoms with Crippen molar-refractivity contribution in [1.29, 1.82) is 0 Å². The quantitative estimate of drug-likeness (QED) is 0.878. The maximum Gasteiger partial charge on any atom is 0.126 e. The molecular formula is C14H13FO2. The molecule has 0 heterocycles. The van der Waals surface area contributed by atoms with Crippen LogP contribution in [0.15, 0.2) is 48.5 Å². The molecule has 2 rings (SSSR count). The summed E-state index contributed by atoms with van der Waals surface area (Å²) >= 11 is 0. The standard InChI is InChI=1S/C14H13FO2/c15-13-2-1-3-14(8-13)17-10-12-6-4-11(9-16)5-7-12/h1-8,16H,9-10H2. The summed E-state index contributed by atoms with van der Waals surface area (Å²) in [6, 6.07) is 13.5. The molecule has 0 unspecified atom stereocenters. The SMILES string of the molecule is OCc1ccc(COc2cccc(F)c2)cc1. The zero-order valence-corrected chi connectivity index (χ0v) is 9.27. The molecule has 88 valence electrons. The largest absolute Gasteiger partial charge is 0.489 e. The van der Waals surface area contributed by atoms with E-state index in [2.05, 4.69) is 0 Å². The molecule has 0 fully saturated rings. The molecule has 0 saturated carbocycles. The highest BCUT2D eigenvalue weighted by atomic mass is 19.1. The molecule has 0 saturated heterocycles. The average Bonchev–Trinajstić information content (AvgIpc) is 2.37. The topological polar surface area (TPSA) is 29.5 Å². The van der Waals surface area contributed by atoms with Gasteiger partial charge in [0.05, 0.1) is 6.61 Å². The van der Waals surface area contributed by atoms with Gasteiger partial charge in [-0.2, -0.15) is 0 Å². The van der Waals surface area contributed by atoms with Gasteiger partial charge in [0, 0.05) is 6.07 Å². The number of rotatable bonds is 4. The van der Waals surface area contributed by atoms with E-state index < -0.39 is 0 Å². The first-order valence-electron chi connectivity index (χ1n) is 5.35. The lowest BCUT2D eigenvalue weighted by atomic mass is 10.1. The summed E-state index contributed by atoms with van der Waals surface area (Å²) < 4.78 is 18.3. The van der Waals surface area contributed by atoms with Crippen LogP contribution >= 0.6 is 0 Å². The summed E-state index contributed by atoms with van der Waals surface area (Å²) in [6.07, 6.45) is 0. The van der Waals surface area contributed by atoms with Crippen LogP contribution in [0.3, 0.4) is 0 Å². The third-order valence-electron chi connectivity index (χ3n) is 2.41. The highest BCUT2D eigenvalue weighted by molar-refractivity contribution is 5.25. The lowest BCUT2D eigenvalue weighted by molar-refractivity contribution is 0.281. The first kappa shape index (κ1) is 11.6. The number of hydrogen-bond donors (Lipinski definition) is 1. The molecule has 0 bridgehead atoms. The highest BCUT2D eigenvalue weighted by Gasteiger charge is 1.98. The first-order chi connectivity index (χ1) is 8.28. The predicted octanol–water partition coefficient (Wildman–Crippen LogP) is 2.90. The van der Waals surface area contributed by atoms with Crippen molar-refractivity contribution in [3.8, 4) is 5.75 Å². The van der Waals surface area contributed by atoms with Crippen molar-refractivity contribution >= 4 is 0 Å². The summed E-state index contributed by atoms with van der Waals surface area (Å²) in [5.41, 5.74) is 1.84. The van der Waals surface area contributed by atoms with Crippen molar-refractivity contribution in [2.45, 2.75) is 13.2 Å². The van der Waals surface area contributed by atoms with Gasteiger partial charge in [0.1, 0.15) is 18.2 Å². The van der Waals surface area contributed by atoms with E-state index in [1.807, 2.05) is 24.3 Å². The van der Waals surface area contributed by atoms with Gasteiger partial charge in [0.25, 0.3) is 0 Å². The second-order valence-electron chi connectivity index (χ2n) is 3.72. The molecule has 0 spiro atoms. The fourth-order valence-electron chi connectivity index (χ4n) is 1.46. The Hall–Kier alpha value is -1.87. The van der Waals surface area contributed by atoms with E-state index in [4.69, 9.17) is 9.84 Å². The van der Waals surface area contributed by atoms with Gasteiger partial charge in [-0.25, -0.2) is 4.39 Å². The van der Waals surface area contributed by atoms with E-state index in [0.29, 0.717) is 12.4 Å². The number of ether oxygens (including phenoxy) is 1. The number of hydrogen-bond acceptors (Lipinski definition) is 2. The second kappa shape index (κ2) is 5.46. The van der Waals surface area contributed by atoms with Crippen molar-refractivity contribution in [3.05, 3.63) is 65.5 Å². The van der Waals surface area contributed by atoms with Gasteiger partial charge in [-0.15, -0.1) is 0 Å². The molecule has 1 N–H and O–H groups in total. The molecule has 2 aromatic carbocycles. The molecule has 0 aliphatic heterocycles. The molecule has 0 atom stereocenters. The zero-order valence-electron chi connectivity index (χ0n) is 9.27. The van der Waals surface area contributed by atoms with E-state index in [9.17, 15) is 4.39 Å². The number of aliphatic hydroxyl groups is 1. The smallest absolute Gasteiger partial charge is 0.126 e. The molecule has 2 nitrogen and oxygen atoms in total. The fourth-order valence-corrected chi connectivity index (χ4v) is 1.46. The van der Waals surface area contributed by atoms with Gasteiger partial charge in [0.2, 0.25) is 0 Å². The highest BCUT2D eigenvalue weighted by Crippen LogP contribution is 2.14. The molecule has 0 amide bonds. The van der Waals surface area contributed by atoms with E-state index in [1.54, 1.807) is 12.1 Å². The Kier molecular flexibility index (Phi) is 3.73. The molecule has 0 radical (unpaired) electrons. The second-order valence-corrected chi connectivity index (χ2v) is 3.72. The molecule has 0 aliphatic carbocycles. The molecule has 0 aromatic heterocycles. The van der Waals surface area contributed by atoms with E-state index in [-0.39, 0.29) is 12.4 Å². The molecule has 17 heavy (non-hydrogen) atoms. The normalized spacial score (nSPS) is 10.2. The van der Waals surface area contributed by atoms with Gasteiger partial charge >= 0.3 is 0 Å². The Balaban J connectivity index is 1.97. The molecule has 3 heteroatoms. The summed E-state index contributed by atoms with van der Waals surface area (Å²) in [5, 5.41) is 8.89. The van der Waals surface area contributed by atoms with Crippen LogP contribution in [0.2, 0.25) is 0 Å². The molecule has 2 aromatic rings. The maximum absolute atomic E-state index is 12.9. The van der Waals surface area contributed by atoms with Crippen LogP contribution < -0.4 is 4.74 Å². The minimum atomic E-state index is -0.307. The van der Waals surface area contributed by atoms with Gasteiger partial charge in [0.15, 0.2) is 0 Å².